The average molecular weight is 149 g/mol. The van der Waals surface area contributed by atoms with E-state index in [1.54, 1.807) is 12.2 Å². The second kappa shape index (κ2) is 3.28. The highest BCUT2D eigenvalue weighted by Crippen LogP contribution is 2.10. The van der Waals surface area contributed by atoms with Gasteiger partial charge < -0.3 is 0 Å². The van der Waals surface area contributed by atoms with E-state index in [0.717, 1.165) is 0 Å². The van der Waals surface area contributed by atoms with E-state index >= 15 is 0 Å². The SMILES string of the molecule is [CH2]CCC1=CC=CC(=O)C1=O. The molecule has 0 spiro atoms. The fourth-order valence-corrected chi connectivity index (χ4v) is 0.949. The van der Waals surface area contributed by atoms with E-state index in [1.165, 1.54) is 6.08 Å². The van der Waals surface area contributed by atoms with Crippen LogP contribution in [0.25, 0.3) is 0 Å². The molecule has 0 amide bonds. The lowest BCUT2D eigenvalue weighted by molar-refractivity contribution is -0.131. The van der Waals surface area contributed by atoms with E-state index in [2.05, 4.69) is 6.92 Å². The van der Waals surface area contributed by atoms with E-state index < -0.39 is 5.78 Å². The van der Waals surface area contributed by atoms with Gasteiger partial charge in [0, 0.05) is 5.57 Å². The second-order valence-electron chi connectivity index (χ2n) is 2.35. The Kier molecular flexibility index (Phi) is 2.36. The van der Waals surface area contributed by atoms with Gasteiger partial charge in [-0.05, 0) is 18.9 Å². The standard InChI is InChI=1S/C9H9O2/c1-2-4-7-5-3-6-8(10)9(7)11/h3,5-6H,1-2,4H2. The van der Waals surface area contributed by atoms with Gasteiger partial charge in [0.05, 0.1) is 0 Å². The van der Waals surface area contributed by atoms with Gasteiger partial charge in [-0.2, -0.15) is 0 Å². The number of hydrogen-bond acceptors (Lipinski definition) is 2. The molecule has 0 fully saturated rings. The summed E-state index contributed by atoms with van der Waals surface area (Å²) in [6, 6.07) is 0. The van der Waals surface area contributed by atoms with Crippen LogP contribution in [0.2, 0.25) is 0 Å². The molecule has 0 saturated carbocycles. The molecular formula is C9H9O2. The summed E-state index contributed by atoms with van der Waals surface area (Å²) in [6.07, 6.45) is 5.81. The topological polar surface area (TPSA) is 34.1 Å². The van der Waals surface area contributed by atoms with Crippen LogP contribution in [0.1, 0.15) is 12.8 Å². The molecule has 0 N–H and O–H groups in total. The highest BCUT2D eigenvalue weighted by atomic mass is 16.2. The Hall–Kier alpha value is -1.18. The van der Waals surface area contributed by atoms with E-state index in [1.807, 2.05) is 0 Å². The van der Waals surface area contributed by atoms with Crippen molar-refractivity contribution >= 4 is 11.6 Å². The van der Waals surface area contributed by atoms with Gasteiger partial charge in [0.25, 0.3) is 0 Å². The largest absolute Gasteiger partial charge is 0.286 e. The molecule has 0 atom stereocenters. The fourth-order valence-electron chi connectivity index (χ4n) is 0.949. The first-order valence-electron chi connectivity index (χ1n) is 3.51. The minimum Gasteiger partial charge on any atom is -0.286 e. The first-order valence-corrected chi connectivity index (χ1v) is 3.51. The van der Waals surface area contributed by atoms with Crippen molar-refractivity contribution in [2.45, 2.75) is 12.8 Å². The summed E-state index contributed by atoms with van der Waals surface area (Å²) in [5.74, 6) is -0.799. The number of carbonyl (C=O) groups excluding carboxylic acids is 2. The van der Waals surface area contributed by atoms with Gasteiger partial charge in [0.15, 0.2) is 0 Å². The molecule has 1 rings (SSSR count). The molecule has 1 aliphatic carbocycles. The monoisotopic (exact) mass is 149 g/mol. The van der Waals surface area contributed by atoms with Crippen molar-refractivity contribution in [2.75, 3.05) is 0 Å². The van der Waals surface area contributed by atoms with Crippen LogP contribution in [0.3, 0.4) is 0 Å². The van der Waals surface area contributed by atoms with Gasteiger partial charge in [0.1, 0.15) is 0 Å². The van der Waals surface area contributed by atoms with Crippen molar-refractivity contribution in [3.63, 3.8) is 0 Å². The molecule has 0 aromatic heterocycles. The maximum Gasteiger partial charge on any atom is 0.228 e. The highest BCUT2D eigenvalue weighted by Gasteiger charge is 2.17. The van der Waals surface area contributed by atoms with E-state index in [9.17, 15) is 9.59 Å². The van der Waals surface area contributed by atoms with Crippen LogP contribution >= 0.6 is 0 Å². The lowest BCUT2D eigenvalue weighted by atomic mass is 9.99. The molecule has 0 aromatic rings. The fraction of sp³-hybridized carbons (Fsp3) is 0.222. The first kappa shape index (κ1) is 7.92. The molecule has 0 bridgehead atoms. The van der Waals surface area contributed by atoms with Crippen LogP contribution in [-0.4, -0.2) is 11.6 Å². The minimum absolute atomic E-state index is 0.379. The predicted octanol–water partition coefficient (Wildman–Crippen LogP) is 1.24. The summed E-state index contributed by atoms with van der Waals surface area (Å²) < 4.78 is 0. The number of carbonyl (C=O) groups is 2. The third kappa shape index (κ3) is 1.64. The van der Waals surface area contributed by atoms with Gasteiger partial charge in [0.2, 0.25) is 11.6 Å². The van der Waals surface area contributed by atoms with E-state index in [4.69, 9.17) is 0 Å². The predicted molar refractivity (Wildman–Crippen MR) is 41.8 cm³/mol. The van der Waals surface area contributed by atoms with Crippen LogP contribution in [0.5, 0.6) is 0 Å². The summed E-state index contributed by atoms with van der Waals surface area (Å²) >= 11 is 0. The van der Waals surface area contributed by atoms with Crippen molar-refractivity contribution in [1.82, 2.24) is 0 Å². The van der Waals surface area contributed by atoms with Crippen LogP contribution in [0, 0.1) is 6.92 Å². The molecule has 2 heteroatoms. The zero-order valence-corrected chi connectivity index (χ0v) is 6.17. The van der Waals surface area contributed by atoms with Crippen LogP contribution in [0.4, 0.5) is 0 Å². The number of rotatable bonds is 2. The normalized spacial score (nSPS) is 17.0. The molecule has 1 radical (unpaired) electrons. The number of Topliss-reactive ketones (excluding diaryl/α,β-unsaturated/α-hetero) is 1. The summed E-state index contributed by atoms with van der Waals surface area (Å²) in [5, 5.41) is 0. The summed E-state index contributed by atoms with van der Waals surface area (Å²) in [4.78, 5) is 21.8. The van der Waals surface area contributed by atoms with Crippen LogP contribution in [-0.2, 0) is 9.59 Å². The zero-order chi connectivity index (χ0) is 8.27. The van der Waals surface area contributed by atoms with Gasteiger partial charge >= 0.3 is 0 Å². The Morgan fingerprint density at radius 3 is 2.73 bits per heavy atom. The maximum atomic E-state index is 11.0. The Balaban J connectivity index is 2.78. The smallest absolute Gasteiger partial charge is 0.228 e. The average Bonchev–Trinajstić information content (AvgIpc) is 1.99. The van der Waals surface area contributed by atoms with E-state index in [-0.39, 0.29) is 5.78 Å². The third-order valence-corrected chi connectivity index (χ3v) is 1.51. The Morgan fingerprint density at radius 1 is 1.36 bits per heavy atom. The molecule has 11 heavy (non-hydrogen) atoms. The maximum absolute atomic E-state index is 11.0. The van der Waals surface area contributed by atoms with Crippen molar-refractivity contribution in [1.29, 1.82) is 0 Å². The van der Waals surface area contributed by atoms with E-state index in [0.29, 0.717) is 18.4 Å². The third-order valence-electron chi connectivity index (χ3n) is 1.51. The van der Waals surface area contributed by atoms with Crippen molar-refractivity contribution in [3.05, 3.63) is 30.7 Å². The summed E-state index contributed by atoms with van der Waals surface area (Å²) in [6.45, 7) is 3.61. The first-order chi connectivity index (χ1) is 5.25. The summed E-state index contributed by atoms with van der Waals surface area (Å²) in [7, 11) is 0. The molecule has 1 aliphatic rings. The van der Waals surface area contributed by atoms with Gasteiger partial charge in [-0.15, -0.1) is 0 Å². The highest BCUT2D eigenvalue weighted by molar-refractivity contribution is 6.48. The second-order valence-corrected chi connectivity index (χ2v) is 2.35. The van der Waals surface area contributed by atoms with Crippen molar-refractivity contribution in [3.8, 4) is 0 Å². The lowest BCUT2D eigenvalue weighted by Crippen LogP contribution is -2.15. The van der Waals surface area contributed by atoms with Crippen molar-refractivity contribution < 1.29 is 9.59 Å². The molecule has 0 saturated heterocycles. The molecule has 57 valence electrons. The Morgan fingerprint density at radius 2 is 2.09 bits per heavy atom. The Bertz CT molecular complexity index is 246. The number of allylic oxidation sites excluding steroid dienone is 4. The van der Waals surface area contributed by atoms with Crippen LogP contribution in [0.15, 0.2) is 23.8 Å². The minimum atomic E-state index is -0.420. The number of hydrogen-bond donors (Lipinski definition) is 0. The molecule has 0 aliphatic heterocycles. The zero-order valence-electron chi connectivity index (χ0n) is 6.17. The number of ketones is 2. The van der Waals surface area contributed by atoms with Crippen molar-refractivity contribution in [2.24, 2.45) is 0 Å². The molecule has 0 aromatic carbocycles. The van der Waals surface area contributed by atoms with Gasteiger partial charge in [-0.3, -0.25) is 9.59 Å². The summed E-state index contributed by atoms with van der Waals surface area (Å²) in [5.41, 5.74) is 0.576. The van der Waals surface area contributed by atoms with Crippen LogP contribution < -0.4 is 0 Å². The van der Waals surface area contributed by atoms with Gasteiger partial charge in [-0.25, -0.2) is 0 Å². The molecule has 2 nitrogen and oxygen atoms in total. The molecular weight excluding hydrogens is 140 g/mol. The quantitative estimate of drug-likeness (QED) is 0.437. The Labute approximate surface area is 65.6 Å². The molecule has 0 heterocycles. The molecule has 0 unspecified atom stereocenters. The lowest BCUT2D eigenvalue weighted by Gasteiger charge is -2.03. The van der Waals surface area contributed by atoms with Gasteiger partial charge in [-0.1, -0.05) is 19.1 Å².